The number of Topliss-reactive ketones (excluding diaryl/α,β-unsaturated/α-hetero) is 1. The van der Waals surface area contributed by atoms with Crippen LogP contribution in [-0.2, 0) is 34.1 Å². The van der Waals surface area contributed by atoms with Gasteiger partial charge in [0.25, 0.3) is 0 Å². The minimum Gasteiger partial charge on any atom is -0.458 e. The van der Waals surface area contributed by atoms with E-state index in [1.54, 1.807) is 6.08 Å². The predicted molar refractivity (Wildman–Crippen MR) is 183 cm³/mol. The Bertz CT molecular complexity index is 1490. The van der Waals surface area contributed by atoms with E-state index in [9.17, 15) is 29.4 Å². The number of amides is 1. The highest BCUT2D eigenvalue weighted by atomic mass is 16.5. The summed E-state index contributed by atoms with van der Waals surface area (Å²) in [7, 11) is 0. The molecule has 1 aromatic carbocycles. The number of carbonyl (C=O) groups is 4. The number of hydrogen-bond acceptors (Lipinski definition) is 8. The van der Waals surface area contributed by atoms with Crippen molar-refractivity contribution in [3.8, 4) is 0 Å². The lowest BCUT2D eigenvalue weighted by molar-refractivity contribution is -0.184. The first-order valence-corrected chi connectivity index (χ1v) is 18.4. The van der Waals surface area contributed by atoms with Crippen LogP contribution in [0, 0.1) is 28.6 Å². The molecule has 1 aliphatic heterocycles. The van der Waals surface area contributed by atoms with Gasteiger partial charge in [-0.1, -0.05) is 49.8 Å². The second-order valence-corrected chi connectivity index (χ2v) is 16.8. The fourth-order valence-corrected chi connectivity index (χ4v) is 11.1. The van der Waals surface area contributed by atoms with Crippen LogP contribution in [0.5, 0.6) is 0 Å². The van der Waals surface area contributed by atoms with Gasteiger partial charge in [-0.15, -0.1) is 0 Å². The standard InChI is InChI=1S/C40H55NO8/c1-36(2)25-39(19-21-49-36,26-8-6-5-7-9-26)18-20-41-33(45)12-13-34(46)48-24-32(44)40(47)17-15-30-29-11-10-27-22-28(42)14-16-37(27,3)35(29)31(43)23-38(30,40)4/h5-9,22,29-31,35,43,47H,10-21,23-25H2,1-4H3,(H,41,45)/t29-,30-,31+,35+,37+,38+,39-,40+/m1/s1. The Morgan fingerprint density at radius 3 is 2.49 bits per heavy atom. The molecule has 0 spiro atoms. The van der Waals surface area contributed by atoms with E-state index in [0.29, 0.717) is 26.0 Å². The lowest BCUT2D eigenvalue weighted by atomic mass is 9.45. The van der Waals surface area contributed by atoms with Crippen molar-refractivity contribution in [2.24, 2.45) is 28.6 Å². The first-order valence-electron chi connectivity index (χ1n) is 18.4. The zero-order valence-corrected chi connectivity index (χ0v) is 29.7. The minimum absolute atomic E-state index is 0.0208. The maximum atomic E-state index is 13.6. The SMILES string of the molecule is CC1(C)C[C@](CCNC(=O)CCC(=O)OCC(=O)[C@@]2(O)CC[C@@H]3[C@H]4CCC5=CC(=O)CC[C@]5(C)[C@@H]4[C@@H](O)C[C@@]32C)(c2ccccc2)CCO1. The van der Waals surface area contributed by atoms with E-state index in [-0.39, 0.29) is 71.6 Å². The molecule has 49 heavy (non-hydrogen) atoms. The fraction of sp³-hybridized carbons (Fsp3) is 0.700. The van der Waals surface area contributed by atoms with Gasteiger partial charge in [0.2, 0.25) is 11.7 Å². The second kappa shape index (κ2) is 13.3. The van der Waals surface area contributed by atoms with Crippen molar-refractivity contribution in [1.29, 1.82) is 0 Å². The number of benzene rings is 1. The number of nitrogens with one attached hydrogen (secondary N) is 1. The van der Waals surface area contributed by atoms with Crippen LogP contribution in [0.3, 0.4) is 0 Å². The number of allylic oxidation sites excluding steroid dienone is 1. The maximum Gasteiger partial charge on any atom is 0.306 e. The topological polar surface area (TPSA) is 139 Å². The van der Waals surface area contributed by atoms with Gasteiger partial charge in [0.15, 0.2) is 12.4 Å². The number of aliphatic hydroxyl groups excluding tert-OH is 1. The van der Waals surface area contributed by atoms with Gasteiger partial charge in [-0.3, -0.25) is 19.2 Å². The van der Waals surface area contributed by atoms with E-state index in [1.807, 2.05) is 25.1 Å². The average molecular weight is 678 g/mol. The molecule has 0 bridgehead atoms. The number of esters is 1. The molecule has 0 radical (unpaired) electrons. The Morgan fingerprint density at radius 2 is 1.76 bits per heavy atom. The molecule has 0 unspecified atom stereocenters. The van der Waals surface area contributed by atoms with Crippen molar-refractivity contribution in [3.63, 3.8) is 0 Å². The highest BCUT2D eigenvalue weighted by Crippen LogP contribution is 2.67. The van der Waals surface area contributed by atoms with Gasteiger partial charge in [-0.25, -0.2) is 0 Å². The summed E-state index contributed by atoms with van der Waals surface area (Å²) in [6.07, 6.45) is 7.32. The first kappa shape index (κ1) is 35.9. The zero-order chi connectivity index (χ0) is 35.2. The van der Waals surface area contributed by atoms with Gasteiger partial charge in [-0.2, -0.15) is 0 Å². The third-order valence-electron chi connectivity index (χ3n) is 13.6. The van der Waals surface area contributed by atoms with Crippen molar-refractivity contribution in [3.05, 3.63) is 47.5 Å². The van der Waals surface area contributed by atoms with Crippen molar-refractivity contribution in [2.45, 2.75) is 127 Å². The predicted octanol–water partition coefficient (Wildman–Crippen LogP) is 5.15. The van der Waals surface area contributed by atoms with E-state index in [2.05, 4.69) is 38.2 Å². The third-order valence-corrected chi connectivity index (χ3v) is 13.6. The summed E-state index contributed by atoms with van der Waals surface area (Å²) in [6, 6.07) is 10.4. The van der Waals surface area contributed by atoms with Crippen LogP contribution in [0.25, 0.3) is 0 Å². The molecular weight excluding hydrogens is 622 g/mol. The normalized spacial score (nSPS) is 38.0. The lowest BCUT2D eigenvalue weighted by Gasteiger charge is -2.60. The molecule has 5 aliphatic rings. The summed E-state index contributed by atoms with van der Waals surface area (Å²) in [4.78, 5) is 51.2. The summed E-state index contributed by atoms with van der Waals surface area (Å²) in [5.41, 5.74) is -0.833. The lowest BCUT2D eigenvalue weighted by Crippen LogP contribution is -2.62. The molecule has 0 aromatic heterocycles. The Labute approximate surface area is 290 Å². The number of fused-ring (bicyclic) bond motifs is 5. The Kier molecular flexibility index (Phi) is 9.79. The van der Waals surface area contributed by atoms with Crippen LogP contribution in [0.1, 0.15) is 110 Å². The van der Waals surface area contributed by atoms with Crippen LogP contribution >= 0.6 is 0 Å². The highest BCUT2D eigenvalue weighted by Gasteiger charge is 2.68. The Hall–Kier alpha value is -2.88. The van der Waals surface area contributed by atoms with Crippen LogP contribution in [-0.4, -0.2) is 70.7 Å². The fourth-order valence-electron chi connectivity index (χ4n) is 11.1. The summed E-state index contributed by atoms with van der Waals surface area (Å²) in [6.45, 7) is 8.84. The van der Waals surface area contributed by atoms with Gasteiger partial charge in [0.05, 0.1) is 18.1 Å². The van der Waals surface area contributed by atoms with Crippen LogP contribution in [0.2, 0.25) is 0 Å². The molecular formula is C40H55NO8. The molecule has 4 aliphatic carbocycles. The molecule has 1 saturated heterocycles. The second-order valence-electron chi connectivity index (χ2n) is 16.8. The molecule has 1 aromatic rings. The van der Waals surface area contributed by atoms with Crippen molar-refractivity contribution in [2.75, 3.05) is 19.8 Å². The number of ketones is 2. The number of aliphatic hydroxyl groups is 2. The van der Waals surface area contributed by atoms with Crippen molar-refractivity contribution in [1.82, 2.24) is 5.32 Å². The van der Waals surface area contributed by atoms with Crippen molar-refractivity contribution < 1.29 is 38.9 Å². The molecule has 4 fully saturated rings. The van der Waals surface area contributed by atoms with Gasteiger partial charge < -0.3 is 25.0 Å². The van der Waals surface area contributed by atoms with Gasteiger partial charge in [0.1, 0.15) is 5.60 Å². The molecule has 6 rings (SSSR count). The largest absolute Gasteiger partial charge is 0.458 e. The van der Waals surface area contributed by atoms with Crippen LogP contribution < -0.4 is 5.32 Å². The summed E-state index contributed by atoms with van der Waals surface area (Å²) < 4.78 is 11.3. The quantitative estimate of drug-likeness (QED) is 0.289. The van der Waals surface area contributed by atoms with Gasteiger partial charge in [0, 0.05) is 36.8 Å². The molecule has 3 saturated carbocycles. The molecule has 1 heterocycles. The number of ether oxygens (including phenoxy) is 2. The van der Waals surface area contributed by atoms with E-state index in [4.69, 9.17) is 9.47 Å². The average Bonchev–Trinajstić information content (AvgIpc) is 3.33. The van der Waals surface area contributed by atoms with Crippen molar-refractivity contribution >= 4 is 23.4 Å². The zero-order valence-electron chi connectivity index (χ0n) is 29.7. The van der Waals surface area contributed by atoms with Gasteiger partial charge >= 0.3 is 5.97 Å². The smallest absolute Gasteiger partial charge is 0.306 e. The number of hydrogen-bond donors (Lipinski definition) is 3. The summed E-state index contributed by atoms with van der Waals surface area (Å²) >= 11 is 0. The van der Waals surface area contributed by atoms with E-state index in [0.717, 1.165) is 44.1 Å². The van der Waals surface area contributed by atoms with E-state index >= 15 is 0 Å². The molecule has 3 N–H and O–H groups in total. The number of rotatable bonds is 10. The molecule has 8 atom stereocenters. The first-order chi connectivity index (χ1) is 23.1. The summed E-state index contributed by atoms with van der Waals surface area (Å²) in [5, 5.41) is 26.5. The molecule has 1 amide bonds. The molecule has 9 heteroatoms. The van der Waals surface area contributed by atoms with Crippen LogP contribution in [0.4, 0.5) is 0 Å². The third kappa shape index (κ3) is 6.56. The van der Waals surface area contributed by atoms with E-state index < -0.39 is 35.5 Å². The van der Waals surface area contributed by atoms with Gasteiger partial charge in [-0.05, 0) is 106 Å². The minimum atomic E-state index is -1.71. The monoisotopic (exact) mass is 677 g/mol. The highest BCUT2D eigenvalue weighted by molar-refractivity contribution is 5.92. The Balaban J connectivity index is 0.999. The maximum absolute atomic E-state index is 13.6. The number of carbonyl (C=O) groups excluding carboxylic acids is 4. The molecule has 9 nitrogen and oxygen atoms in total. The van der Waals surface area contributed by atoms with E-state index in [1.165, 1.54) is 5.56 Å². The Morgan fingerprint density at radius 1 is 1.00 bits per heavy atom. The van der Waals surface area contributed by atoms with Crippen LogP contribution in [0.15, 0.2) is 42.0 Å². The molecule has 268 valence electrons. The summed E-state index contributed by atoms with van der Waals surface area (Å²) in [5.74, 6) is -1.15.